The lowest BCUT2D eigenvalue weighted by molar-refractivity contribution is 0.242. The van der Waals surface area contributed by atoms with Gasteiger partial charge in [0.2, 0.25) is 0 Å². The summed E-state index contributed by atoms with van der Waals surface area (Å²) in [7, 11) is 0. The minimum absolute atomic E-state index is 0.0546. The number of hydrogen-bond donors (Lipinski definition) is 3. The van der Waals surface area contributed by atoms with Gasteiger partial charge in [0.1, 0.15) is 11.6 Å². The third-order valence-electron chi connectivity index (χ3n) is 3.89. The molecule has 0 aliphatic rings. The van der Waals surface area contributed by atoms with Crippen LogP contribution in [0.5, 0.6) is 5.75 Å². The summed E-state index contributed by atoms with van der Waals surface area (Å²) in [6.45, 7) is 4.48. The largest absolute Gasteiger partial charge is 0.491 e. The molecule has 0 bridgehead atoms. The predicted molar refractivity (Wildman–Crippen MR) is 108 cm³/mol. The van der Waals surface area contributed by atoms with Crippen LogP contribution in [0.15, 0.2) is 60.9 Å². The highest BCUT2D eigenvalue weighted by atomic mass is 16.5. The van der Waals surface area contributed by atoms with E-state index in [9.17, 15) is 0 Å². The van der Waals surface area contributed by atoms with Gasteiger partial charge in [-0.25, -0.2) is 4.98 Å². The minimum Gasteiger partial charge on any atom is -0.491 e. The zero-order chi connectivity index (χ0) is 19.2. The van der Waals surface area contributed by atoms with E-state index in [1.165, 1.54) is 0 Å². The fourth-order valence-corrected chi connectivity index (χ4v) is 2.62. The average Bonchev–Trinajstić information content (AvgIpc) is 2.68. The predicted octanol–water partition coefficient (Wildman–Crippen LogP) is 3.87. The third-order valence-corrected chi connectivity index (χ3v) is 3.89. The van der Waals surface area contributed by atoms with Crippen molar-refractivity contribution < 1.29 is 4.74 Å². The summed E-state index contributed by atoms with van der Waals surface area (Å²) in [5.74, 6) is 1.37. The number of anilines is 2. The average molecular weight is 361 g/mol. The normalized spacial score (nSPS) is 10.6. The lowest BCUT2D eigenvalue weighted by Crippen LogP contribution is -2.10. The van der Waals surface area contributed by atoms with Gasteiger partial charge in [-0.2, -0.15) is 0 Å². The Labute approximate surface area is 158 Å². The molecule has 0 saturated carbocycles. The number of aromatic nitrogens is 2. The number of nitrogen functional groups attached to an aromatic ring is 1. The molecule has 0 unspecified atom stereocenters. The van der Waals surface area contributed by atoms with Crippen LogP contribution >= 0.6 is 0 Å². The summed E-state index contributed by atoms with van der Waals surface area (Å²) in [6, 6.07) is 14.8. The van der Waals surface area contributed by atoms with E-state index in [2.05, 4.69) is 15.3 Å². The van der Waals surface area contributed by atoms with Gasteiger partial charge < -0.3 is 15.8 Å². The summed E-state index contributed by atoms with van der Waals surface area (Å²) in [5, 5.41) is 11.8. The van der Waals surface area contributed by atoms with Crippen molar-refractivity contribution in [3.63, 3.8) is 0 Å². The molecule has 3 rings (SSSR count). The first-order valence-electron chi connectivity index (χ1n) is 8.78. The summed E-state index contributed by atoms with van der Waals surface area (Å²) < 4.78 is 5.72. The van der Waals surface area contributed by atoms with Gasteiger partial charge in [-0.1, -0.05) is 6.07 Å². The van der Waals surface area contributed by atoms with Crippen LogP contribution in [0.3, 0.4) is 0 Å². The third kappa shape index (κ3) is 4.82. The van der Waals surface area contributed by atoms with Crippen LogP contribution in [0.25, 0.3) is 0 Å². The molecule has 0 aliphatic carbocycles. The second-order valence-corrected chi connectivity index (χ2v) is 6.40. The Balaban J connectivity index is 1.79. The fraction of sp³-hybridized carbons (Fsp3) is 0.190. The number of nitrogens with one attached hydrogen (secondary N) is 2. The Bertz CT molecular complexity index is 925. The number of pyridine rings is 2. The maximum atomic E-state index is 8.58. The molecule has 6 nitrogen and oxygen atoms in total. The summed E-state index contributed by atoms with van der Waals surface area (Å²) in [6.07, 6.45) is 3.49. The number of nitrogens with two attached hydrogens (primary N) is 1. The van der Waals surface area contributed by atoms with Crippen molar-refractivity contribution in [2.45, 2.75) is 26.5 Å². The van der Waals surface area contributed by atoms with E-state index >= 15 is 0 Å². The number of benzene rings is 1. The quantitative estimate of drug-likeness (QED) is 0.438. The van der Waals surface area contributed by atoms with Gasteiger partial charge in [0.05, 0.1) is 24.1 Å². The van der Waals surface area contributed by atoms with Gasteiger partial charge in [-0.15, -0.1) is 0 Å². The minimum atomic E-state index is 0.0546. The van der Waals surface area contributed by atoms with Crippen molar-refractivity contribution in [3.05, 3.63) is 77.7 Å². The van der Waals surface area contributed by atoms with Crippen molar-refractivity contribution in [1.29, 1.82) is 5.41 Å². The molecule has 4 N–H and O–H groups in total. The molecule has 0 saturated heterocycles. The number of rotatable bonds is 7. The topological polar surface area (TPSA) is 96.9 Å². The van der Waals surface area contributed by atoms with E-state index in [1.807, 2.05) is 44.2 Å². The molecule has 27 heavy (non-hydrogen) atoms. The lowest BCUT2D eigenvalue weighted by Gasteiger charge is -2.14. The van der Waals surface area contributed by atoms with Crippen LogP contribution in [-0.2, 0) is 6.54 Å². The molecule has 0 spiro atoms. The highest BCUT2D eigenvalue weighted by Gasteiger charge is 2.12. The first-order valence-corrected chi connectivity index (χ1v) is 8.78. The highest BCUT2D eigenvalue weighted by molar-refractivity contribution is 6.14. The van der Waals surface area contributed by atoms with Crippen LogP contribution in [-0.4, -0.2) is 21.8 Å². The smallest absolute Gasteiger partial charge is 0.126 e. The Morgan fingerprint density at radius 1 is 1.11 bits per heavy atom. The van der Waals surface area contributed by atoms with Gasteiger partial charge >= 0.3 is 0 Å². The first-order chi connectivity index (χ1) is 13.0. The molecule has 0 fully saturated rings. The van der Waals surface area contributed by atoms with Crippen molar-refractivity contribution in [3.8, 4) is 5.75 Å². The van der Waals surface area contributed by atoms with Crippen LogP contribution in [0.4, 0.5) is 11.5 Å². The van der Waals surface area contributed by atoms with Gasteiger partial charge in [-0.3, -0.25) is 10.4 Å². The molecule has 2 heterocycles. The van der Waals surface area contributed by atoms with E-state index in [4.69, 9.17) is 15.9 Å². The Hall–Kier alpha value is -3.41. The van der Waals surface area contributed by atoms with Crippen molar-refractivity contribution >= 4 is 17.2 Å². The van der Waals surface area contributed by atoms with Gasteiger partial charge in [0, 0.05) is 29.2 Å². The van der Waals surface area contributed by atoms with Crippen LogP contribution < -0.4 is 15.8 Å². The van der Waals surface area contributed by atoms with Gasteiger partial charge in [-0.05, 0) is 56.3 Å². The molecular weight excluding hydrogens is 338 g/mol. The van der Waals surface area contributed by atoms with E-state index in [0.717, 1.165) is 11.3 Å². The molecule has 0 radical (unpaired) electrons. The number of hydrogen-bond acceptors (Lipinski definition) is 6. The summed E-state index contributed by atoms with van der Waals surface area (Å²) >= 11 is 0. The Morgan fingerprint density at radius 2 is 1.96 bits per heavy atom. The number of nitrogens with zero attached hydrogens (tertiary/aromatic N) is 2. The standard InChI is InChI=1S/C21H23N5O/c1-14(2)27-17-6-7-19(22)18(12-17)21(23)15-8-10-25-20(11-15)26-13-16-5-3-4-9-24-16/h3-12,14,23H,13,22H2,1-2H3,(H,25,26). The van der Waals surface area contributed by atoms with Crippen LogP contribution in [0.1, 0.15) is 30.7 Å². The summed E-state index contributed by atoms with van der Waals surface area (Å²) in [5.41, 5.74) is 9.23. The Kier molecular flexibility index (Phi) is 5.66. The van der Waals surface area contributed by atoms with E-state index in [1.54, 1.807) is 30.6 Å². The van der Waals surface area contributed by atoms with Crippen LogP contribution in [0.2, 0.25) is 0 Å². The Morgan fingerprint density at radius 3 is 2.70 bits per heavy atom. The maximum absolute atomic E-state index is 8.58. The van der Waals surface area contributed by atoms with E-state index in [0.29, 0.717) is 35.1 Å². The highest BCUT2D eigenvalue weighted by Crippen LogP contribution is 2.24. The second-order valence-electron chi connectivity index (χ2n) is 6.40. The molecule has 2 aromatic heterocycles. The molecule has 138 valence electrons. The van der Waals surface area contributed by atoms with E-state index < -0.39 is 0 Å². The number of ether oxygens (including phenoxy) is 1. The molecule has 6 heteroatoms. The zero-order valence-corrected chi connectivity index (χ0v) is 15.4. The van der Waals surface area contributed by atoms with E-state index in [-0.39, 0.29) is 6.10 Å². The SMILES string of the molecule is CC(C)Oc1ccc(N)c(C(=N)c2ccnc(NCc3ccccn3)c2)c1. The lowest BCUT2D eigenvalue weighted by atomic mass is 10.0. The second kappa shape index (κ2) is 8.31. The molecule has 0 aliphatic heterocycles. The molecular formula is C21H23N5O. The fourth-order valence-electron chi connectivity index (χ4n) is 2.62. The molecule has 0 amide bonds. The monoisotopic (exact) mass is 361 g/mol. The maximum Gasteiger partial charge on any atom is 0.126 e. The zero-order valence-electron chi connectivity index (χ0n) is 15.4. The molecule has 3 aromatic rings. The first kappa shape index (κ1) is 18.4. The van der Waals surface area contributed by atoms with Gasteiger partial charge in [0.15, 0.2) is 0 Å². The van der Waals surface area contributed by atoms with Gasteiger partial charge in [0.25, 0.3) is 0 Å². The molecule has 0 atom stereocenters. The van der Waals surface area contributed by atoms with Crippen molar-refractivity contribution in [1.82, 2.24) is 9.97 Å². The van der Waals surface area contributed by atoms with Crippen molar-refractivity contribution in [2.75, 3.05) is 11.1 Å². The summed E-state index contributed by atoms with van der Waals surface area (Å²) in [4.78, 5) is 8.60. The van der Waals surface area contributed by atoms with Crippen molar-refractivity contribution in [2.24, 2.45) is 0 Å². The van der Waals surface area contributed by atoms with Crippen LogP contribution in [0, 0.1) is 5.41 Å². The molecule has 1 aromatic carbocycles.